The second-order valence-electron chi connectivity index (χ2n) is 5.38. The van der Waals surface area contributed by atoms with Crippen LogP contribution in [-0.2, 0) is 16.1 Å². The molecular formula is C15H18FNO2. The van der Waals surface area contributed by atoms with E-state index >= 15 is 0 Å². The van der Waals surface area contributed by atoms with Crippen LogP contribution in [0.4, 0.5) is 4.39 Å². The normalized spacial score (nSPS) is 22.5. The highest BCUT2D eigenvalue weighted by molar-refractivity contribution is 5.79. The van der Waals surface area contributed by atoms with Gasteiger partial charge >= 0.3 is 0 Å². The Morgan fingerprint density at radius 2 is 2.00 bits per heavy atom. The lowest BCUT2D eigenvalue weighted by Gasteiger charge is -2.25. The average molecular weight is 263 g/mol. The van der Waals surface area contributed by atoms with Gasteiger partial charge in [-0.15, -0.1) is 0 Å². The minimum Gasteiger partial charge on any atom is -0.381 e. The number of ether oxygens (including phenoxy) is 1. The van der Waals surface area contributed by atoms with Crippen molar-refractivity contribution in [1.82, 2.24) is 4.90 Å². The van der Waals surface area contributed by atoms with E-state index in [1.54, 1.807) is 12.1 Å². The number of halogens is 1. The summed E-state index contributed by atoms with van der Waals surface area (Å²) in [6.45, 7) is 1.82. The summed E-state index contributed by atoms with van der Waals surface area (Å²) in [6, 6.07) is 6.78. The van der Waals surface area contributed by atoms with Crippen molar-refractivity contribution in [2.24, 2.45) is 5.92 Å². The lowest BCUT2D eigenvalue weighted by Crippen LogP contribution is -2.37. The predicted molar refractivity (Wildman–Crippen MR) is 68.9 cm³/mol. The van der Waals surface area contributed by atoms with Crippen LogP contribution in [0.3, 0.4) is 0 Å². The van der Waals surface area contributed by atoms with Crippen LogP contribution in [0.25, 0.3) is 0 Å². The molecule has 19 heavy (non-hydrogen) atoms. The van der Waals surface area contributed by atoms with E-state index in [-0.39, 0.29) is 17.6 Å². The molecule has 1 aliphatic heterocycles. The van der Waals surface area contributed by atoms with Gasteiger partial charge in [-0.25, -0.2) is 4.39 Å². The quantitative estimate of drug-likeness (QED) is 0.834. The third kappa shape index (κ3) is 2.95. The standard InChI is InChI=1S/C15H18FNO2/c16-13-3-1-11(2-4-13)9-17(14-5-6-14)15(18)12-7-8-19-10-12/h1-4,12,14H,5-10H2. The SMILES string of the molecule is O=C(C1CCOC1)N(Cc1ccc(F)cc1)C1CC1. The molecule has 2 fully saturated rings. The van der Waals surface area contributed by atoms with Gasteiger partial charge in [-0.1, -0.05) is 12.1 Å². The van der Waals surface area contributed by atoms with E-state index in [9.17, 15) is 9.18 Å². The Labute approximate surface area is 112 Å². The minimum atomic E-state index is -0.239. The Morgan fingerprint density at radius 1 is 1.26 bits per heavy atom. The summed E-state index contributed by atoms with van der Waals surface area (Å²) >= 11 is 0. The summed E-state index contributed by atoms with van der Waals surface area (Å²) < 4.78 is 18.2. The highest BCUT2D eigenvalue weighted by Crippen LogP contribution is 2.31. The van der Waals surface area contributed by atoms with E-state index < -0.39 is 0 Å². The van der Waals surface area contributed by atoms with Crippen LogP contribution in [0.5, 0.6) is 0 Å². The van der Waals surface area contributed by atoms with Gasteiger partial charge in [0.05, 0.1) is 12.5 Å². The molecule has 1 amide bonds. The summed E-state index contributed by atoms with van der Waals surface area (Å²) in [5.74, 6) is -0.0254. The molecule has 0 bridgehead atoms. The molecule has 1 saturated heterocycles. The van der Waals surface area contributed by atoms with Crippen molar-refractivity contribution in [2.75, 3.05) is 13.2 Å². The fraction of sp³-hybridized carbons (Fsp3) is 0.533. The molecule has 1 aromatic rings. The lowest BCUT2D eigenvalue weighted by atomic mass is 10.1. The van der Waals surface area contributed by atoms with E-state index in [2.05, 4.69) is 0 Å². The topological polar surface area (TPSA) is 29.5 Å². The molecule has 2 aliphatic rings. The number of nitrogens with zero attached hydrogens (tertiary/aromatic N) is 1. The summed E-state index contributed by atoms with van der Waals surface area (Å²) in [5.41, 5.74) is 0.987. The number of hydrogen-bond acceptors (Lipinski definition) is 2. The van der Waals surface area contributed by atoms with E-state index in [4.69, 9.17) is 4.74 Å². The minimum absolute atomic E-state index is 0.0149. The molecule has 3 rings (SSSR count). The number of rotatable bonds is 4. The van der Waals surface area contributed by atoms with Gasteiger partial charge in [0.15, 0.2) is 0 Å². The predicted octanol–water partition coefficient (Wildman–Crippen LogP) is 2.35. The fourth-order valence-electron chi connectivity index (χ4n) is 2.52. The molecule has 0 aromatic heterocycles. The van der Waals surface area contributed by atoms with Gasteiger partial charge in [0.1, 0.15) is 5.82 Å². The fourth-order valence-corrected chi connectivity index (χ4v) is 2.52. The average Bonchev–Trinajstić information content (AvgIpc) is 3.11. The van der Waals surface area contributed by atoms with Crippen molar-refractivity contribution in [3.8, 4) is 0 Å². The van der Waals surface area contributed by atoms with Crippen LogP contribution in [0.15, 0.2) is 24.3 Å². The molecule has 102 valence electrons. The smallest absolute Gasteiger partial charge is 0.228 e. The van der Waals surface area contributed by atoms with Crippen molar-refractivity contribution in [3.05, 3.63) is 35.6 Å². The third-order valence-electron chi connectivity index (χ3n) is 3.82. The molecule has 1 unspecified atom stereocenters. The van der Waals surface area contributed by atoms with E-state index in [0.29, 0.717) is 25.8 Å². The van der Waals surface area contributed by atoms with Crippen LogP contribution in [-0.4, -0.2) is 30.1 Å². The van der Waals surface area contributed by atoms with Crippen LogP contribution in [0, 0.1) is 11.7 Å². The highest BCUT2D eigenvalue weighted by Gasteiger charge is 2.36. The molecule has 3 nitrogen and oxygen atoms in total. The summed E-state index contributed by atoms with van der Waals surface area (Å²) in [6.07, 6.45) is 2.99. The van der Waals surface area contributed by atoms with Crippen molar-refractivity contribution in [3.63, 3.8) is 0 Å². The van der Waals surface area contributed by atoms with Crippen LogP contribution in [0.2, 0.25) is 0 Å². The molecule has 0 N–H and O–H groups in total. The first-order chi connectivity index (χ1) is 9.24. The molecule has 1 aromatic carbocycles. The maximum absolute atomic E-state index is 12.9. The highest BCUT2D eigenvalue weighted by atomic mass is 19.1. The monoisotopic (exact) mass is 263 g/mol. The van der Waals surface area contributed by atoms with E-state index in [1.807, 2.05) is 4.90 Å². The number of carbonyl (C=O) groups excluding carboxylic acids is 1. The number of amides is 1. The van der Waals surface area contributed by atoms with Crippen molar-refractivity contribution in [2.45, 2.75) is 31.8 Å². The summed E-state index contributed by atoms with van der Waals surface area (Å²) in [7, 11) is 0. The maximum atomic E-state index is 12.9. The Hall–Kier alpha value is -1.42. The zero-order valence-corrected chi connectivity index (χ0v) is 10.8. The molecule has 1 aliphatic carbocycles. The van der Waals surface area contributed by atoms with Gasteiger partial charge in [0, 0.05) is 19.2 Å². The first-order valence-electron chi connectivity index (χ1n) is 6.87. The van der Waals surface area contributed by atoms with Crippen LogP contribution in [0.1, 0.15) is 24.8 Å². The van der Waals surface area contributed by atoms with E-state index in [0.717, 1.165) is 24.8 Å². The van der Waals surface area contributed by atoms with Gasteiger partial charge in [-0.2, -0.15) is 0 Å². The largest absolute Gasteiger partial charge is 0.381 e. The zero-order valence-electron chi connectivity index (χ0n) is 10.8. The molecular weight excluding hydrogens is 245 g/mol. The van der Waals surface area contributed by atoms with Crippen LogP contribution < -0.4 is 0 Å². The van der Waals surface area contributed by atoms with Gasteiger partial charge < -0.3 is 9.64 Å². The Balaban J connectivity index is 1.70. The lowest BCUT2D eigenvalue weighted by molar-refractivity contribution is -0.136. The van der Waals surface area contributed by atoms with Gasteiger partial charge in [-0.05, 0) is 37.0 Å². The van der Waals surface area contributed by atoms with Crippen LogP contribution >= 0.6 is 0 Å². The van der Waals surface area contributed by atoms with Gasteiger partial charge in [0.2, 0.25) is 5.91 Å². The Bertz CT molecular complexity index is 450. The molecule has 1 atom stereocenters. The second kappa shape index (κ2) is 5.29. The Morgan fingerprint density at radius 3 is 2.58 bits per heavy atom. The molecule has 0 radical (unpaired) electrons. The molecule has 0 spiro atoms. The van der Waals surface area contributed by atoms with E-state index in [1.165, 1.54) is 12.1 Å². The Kier molecular flexibility index (Phi) is 3.51. The second-order valence-corrected chi connectivity index (χ2v) is 5.38. The third-order valence-corrected chi connectivity index (χ3v) is 3.82. The van der Waals surface area contributed by atoms with Crippen molar-refractivity contribution in [1.29, 1.82) is 0 Å². The molecule has 1 saturated carbocycles. The van der Waals surface area contributed by atoms with Crippen molar-refractivity contribution < 1.29 is 13.9 Å². The van der Waals surface area contributed by atoms with Gasteiger partial charge in [-0.3, -0.25) is 4.79 Å². The maximum Gasteiger partial charge on any atom is 0.228 e. The van der Waals surface area contributed by atoms with Gasteiger partial charge in [0.25, 0.3) is 0 Å². The number of hydrogen-bond donors (Lipinski definition) is 0. The number of carbonyl (C=O) groups is 1. The summed E-state index contributed by atoms with van der Waals surface area (Å²) in [5, 5.41) is 0. The zero-order chi connectivity index (χ0) is 13.2. The molecule has 1 heterocycles. The first-order valence-corrected chi connectivity index (χ1v) is 6.87. The molecule has 4 heteroatoms. The number of benzene rings is 1. The van der Waals surface area contributed by atoms with Crippen molar-refractivity contribution >= 4 is 5.91 Å². The summed E-state index contributed by atoms with van der Waals surface area (Å²) in [4.78, 5) is 14.4. The first kappa shape index (κ1) is 12.6.